The quantitative estimate of drug-likeness (QED) is 0.765. The van der Waals surface area contributed by atoms with Crippen molar-refractivity contribution in [2.24, 2.45) is 5.92 Å². The molecule has 0 radical (unpaired) electrons. The van der Waals surface area contributed by atoms with Crippen LogP contribution >= 0.6 is 0 Å². The highest BCUT2D eigenvalue weighted by atomic mass is 15.1. The second-order valence-corrected chi connectivity index (χ2v) is 5.77. The summed E-state index contributed by atoms with van der Waals surface area (Å²) in [5, 5.41) is 3.84. The molecule has 3 atom stereocenters. The van der Waals surface area contributed by atoms with Crippen LogP contribution in [0, 0.1) is 5.92 Å². The predicted molar refractivity (Wildman–Crippen MR) is 65.1 cm³/mol. The molecule has 2 rings (SSSR count). The number of nitrogens with zero attached hydrogens (tertiary/aromatic N) is 1. The molecule has 2 aliphatic carbocycles. The van der Waals surface area contributed by atoms with Gasteiger partial charge in [0.25, 0.3) is 0 Å². The molecule has 0 amide bonds. The van der Waals surface area contributed by atoms with Crippen LogP contribution in [0.1, 0.15) is 45.4 Å². The van der Waals surface area contributed by atoms with Crippen molar-refractivity contribution < 1.29 is 0 Å². The fraction of sp³-hybridized carbons (Fsp3) is 1.00. The van der Waals surface area contributed by atoms with Crippen molar-refractivity contribution in [1.29, 1.82) is 0 Å². The van der Waals surface area contributed by atoms with Crippen LogP contribution in [-0.2, 0) is 0 Å². The van der Waals surface area contributed by atoms with Gasteiger partial charge in [0, 0.05) is 18.1 Å². The Bertz CT molecular complexity index is 197. The average molecular weight is 210 g/mol. The fourth-order valence-corrected chi connectivity index (χ4v) is 2.89. The van der Waals surface area contributed by atoms with E-state index in [1.54, 1.807) is 0 Å². The summed E-state index contributed by atoms with van der Waals surface area (Å²) in [6.07, 6.45) is 8.45. The summed E-state index contributed by atoms with van der Waals surface area (Å²) in [7, 11) is 4.44. The SMILES string of the molecule is CC(NC1CCCC(N(C)C)C1)C1CC1. The van der Waals surface area contributed by atoms with Gasteiger partial charge in [-0.05, 0) is 59.0 Å². The van der Waals surface area contributed by atoms with Crippen molar-refractivity contribution in [2.45, 2.75) is 63.6 Å². The second kappa shape index (κ2) is 4.84. The monoisotopic (exact) mass is 210 g/mol. The molecule has 0 aliphatic heterocycles. The van der Waals surface area contributed by atoms with Gasteiger partial charge in [0.2, 0.25) is 0 Å². The summed E-state index contributed by atoms with van der Waals surface area (Å²) in [5.74, 6) is 0.990. The third-order valence-corrected chi connectivity index (χ3v) is 4.20. The normalized spacial score (nSPS) is 34.4. The van der Waals surface area contributed by atoms with Gasteiger partial charge in [-0.25, -0.2) is 0 Å². The maximum atomic E-state index is 3.84. The zero-order chi connectivity index (χ0) is 10.8. The van der Waals surface area contributed by atoms with E-state index in [1.807, 2.05) is 0 Å². The molecule has 0 heterocycles. The maximum Gasteiger partial charge on any atom is 0.0104 e. The van der Waals surface area contributed by atoms with E-state index in [2.05, 4.69) is 31.2 Å². The van der Waals surface area contributed by atoms with Gasteiger partial charge in [0.1, 0.15) is 0 Å². The van der Waals surface area contributed by atoms with Crippen molar-refractivity contribution in [3.63, 3.8) is 0 Å². The minimum atomic E-state index is 0.760. The van der Waals surface area contributed by atoms with Crippen molar-refractivity contribution in [3.8, 4) is 0 Å². The Morgan fingerprint density at radius 2 is 1.87 bits per heavy atom. The van der Waals surface area contributed by atoms with Crippen LogP contribution in [0.2, 0.25) is 0 Å². The lowest BCUT2D eigenvalue weighted by Gasteiger charge is -2.35. The van der Waals surface area contributed by atoms with Gasteiger partial charge in [0.15, 0.2) is 0 Å². The van der Waals surface area contributed by atoms with Gasteiger partial charge < -0.3 is 10.2 Å². The topological polar surface area (TPSA) is 15.3 Å². The Morgan fingerprint density at radius 1 is 1.13 bits per heavy atom. The zero-order valence-corrected chi connectivity index (χ0v) is 10.5. The number of hydrogen-bond donors (Lipinski definition) is 1. The first-order valence-electron chi connectivity index (χ1n) is 6.59. The molecular formula is C13H26N2. The van der Waals surface area contributed by atoms with Crippen LogP contribution in [0.25, 0.3) is 0 Å². The molecule has 0 aromatic rings. The standard InChI is InChI=1S/C13H26N2/c1-10(11-7-8-11)14-12-5-4-6-13(9-12)15(2)3/h10-14H,4-9H2,1-3H3. The number of hydrogen-bond acceptors (Lipinski definition) is 2. The Balaban J connectivity index is 1.76. The van der Waals surface area contributed by atoms with Crippen molar-refractivity contribution in [2.75, 3.05) is 14.1 Å². The third-order valence-electron chi connectivity index (χ3n) is 4.20. The van der Waals surface area contributed by atoms with Crippen LogP contribution in [0.5, 0.6) is 0 Å². The van der Waals surface area contributed by atoms with Gasteiger partial charge in [0.05, 0.1) is 0 Å². The minimum absolute atomic E-state index is 0.760. The van der Waals surface area contributed by atoms with E-state index >= 15 is 0 Å². The molecule has 2 aliphatic rings. The van der Waals surface area contributed by atoms with Gasteiger partial charge in [-0.1, -0.05) is 6.42 Å². The molecule has 3 unspecified atom stereocenters. The Kier molecular flexibility index (Phi) is 3.68. The van der Waals surface area contributed by atoms with Crippen molar-refractivity contribution in [1.82, 2.24) is 10.2 Å². The van der Waals surface area contributed by atoms with E-state index in [0.717, 1.165) is 24.0 Å². The van der Waals surface area contributed by atoms with Crippen LogP contribution in [0.3, 0.4) is 0 Å². The molecule has 88 valence electrons. The third kappa shape index (κ3) is 3.18. The molecule has 0 bridgehead atoms. The molecule has 2 heteroatoms. The summed E-state index contributed by atoms with van der Waals surface area (Å²) < 4.78 is 0. The predicted octanol–water partition coefficient (Wildman–Crippen LogP) is 2.25. The second-order valence-electron chi connectivity index (χ2n) is 5.77. The lowest BCUT2D eigenvalue weighted by atomic mass is 9.89. The van der Waals surface area contributed by atoms with E-state index in [4.69, 9.17) is 0 Å². The molecule has 0 spiro atoms. The molecule has 2 fully saturated rings. The minimum Gasteiger partial charge on any atom is -0.311 e. The lowest BCUT2D eigenvalue weighted by Crippen LogP contribution is -2.45. The summed E-state index contributed by atoms with van der Waals surface area (Å²) >= 11 is 0. The number of nitrogens with one attached hydrogen (secondary N) is 1. The fourth-order valence-electron chi connectivity index (χ4n) is 2.89. The van der Waals surface area contributed by atoms with Gasteiger partial charge >= 0.3 is 0 Å². The zero-order valence-electron chi connectivity index (χ0n) is 10.5. The van der Waals surface area contributed by atoms with E-state index in [0.29, 0.717) is 0 Å². The molecule has 0 aromatic heterocycles. The van der Waals surface area contributed by atoms with Gasteiger partial charge in [-0.3, -0.25) is 0 Å². The number of rotatable bonds is 4. The smallest absolute Gasteiger partial charge is 0.0104 e. The summed E-state index contributed by atoms with van der Waals surface area (Å²) in [6, 6.07) is 2.35. The van der Waals surface area contributed by atoms with Crippen molar-refractivity contribution >= 4 is 0 Å². The molecular weight excluding hydrogens is 184 g/mol. The molecule has 1 N–H and O–H groups in total. The maximum absolute atomic E-state index is 3.84. The lowest BCUT2D eigenvalue weighted by molar-refractivity contribution is 0.190. The molecule has 0 saturated heterocycles. The average Bonchev–Trinajstić information content (AvgIpc) is 3.01. The summed E-state index contributed by atoms with van der Waals surface area (Å²) in [4.78, 5) is 2.40. The largest absolute Gasteiger partial charge is 0.311 e. The van der Waals surface area contributed by atoms with Gasteiger partial charge in [-0.2, -0.15) is 0 Å². The Hall–Kier alpha value is -0.0800. The first kappa shape index (κ1) is 11.4. The van der Waals surface area contributed by atoms with E-state index < -0.39 is 0 Å². The Labute approximate surface area is 94.4 Å². The van der Waals surface area contributed by atoms with Crippen molar-refractivity contribution in [3.05, 3.63) is 0 Å². The van der Waals surface area contributed by atoms with Crippen LogP contribution in [-0.4, -0.2) is 37.1 Å². The van der Waals surface area contributed by atoms with E-state index in [9.17, 15) is 0 Å². The molecule has 2 saturated carbocycles. The first-order chi connectivity index (χ1) is 7.16. The van der Waals surface area contributed by atoms with E-state index in [1.165, 1.54) is 38.5 Å². The van der Waals surface area contributed by atoms with Gasteiger partial charge in [-0.15, -0.1) is 0 Å². The highest BCUT2D eigenvalue weighted by molar-refractivity contribution is 4.88. The first-order valence-corrected chi connectivity index (χ1v) is 6.59. The molecule has 0 aromatic carbocycles. The summed E-state index contributed by atoms with van der Waals surface area (Å²) in [5.41, 5.74) is 0. The molecule has 15 heavy (non-hydrogen) atoms. The molecule has 2 nitrogen and oxygen atoms in total. The van der Waals surface area contributed by atoms with E-state index in [-0.39, 0.29) is 0 Å². The highest BCUT2D eigenvalue weighted by Gasteiger charge is 2.31. The van der Waals surface area contributed by atoms with Crippen LogP contribution in [0.4, 0.5) is 0 Å². The van der Waals surface area contributed by atoms with Crippen LogP contribution in [0.15, 0.2) is 0 Å². The highest BCUT2D eigenvalue weighted by Crippen LogP contribution is 2.33. The summed E-state index contributed by atoms with van der Waals surface area (Å²) in [6.45, 7) is 2.37. The Morgan fingerprint density at radius 3 is 2.47 bits per heavy atom. The van der Waals surface area contributed by atoms with Crippen LogP contribution < -0.4 is 5.32 Å².